The van der Waals surface area contributed by atoms with Crippen LogP contribution in [0.3, 0.4) is 0 Å². The van der Waals surface area contributed by atoms with E-state index in [4.69, 9.17) is 5.10 Å². The van der Waals surface area contributed by atoms with Crippen LogP contribution in [0, 0.1) is 0 Å². The molecule has 0 N–H and O–H groups in total. The Morgan fingerprint density at radius 2 is 1.62 bits per heavy atom. The molecule has 0 unspecified atom stereocenters. The Morgan fingerprint density at radius 1 is 1.00 bits per heavy atom. The smallest absolute Gasteiger partial charge is 1.00 e. The van der Waals surface area contributed by atoms with Crippen LogP contribution in [0.4, 0.5) is 0 Å². The Morgan fingerprint density at radius 3 is 2.23 bits per heavy atom. The monoisotopic (exact) mass is 737 g/mol. The zero-order chi connectivity index (χ0) is 17.4. The van der Waals surface area contributed by atoms with E-state index in [1.54, 1.807) is 11.8 Å². The van der Waals surface area contributed by atoms with Crippen molar-refractivity contribution in [2.75, 3.05) is 5.33 Å². The van der Waals surface area contributed by atoms with Gasteiger partial charge in [-0.3, -0.25) is 0 Å². The minimum atomic E-state index is -2.83. The van der Waals surface area contributed by atoms with Crippen LogP contribution in [0.15, 0.2) is 74.8 Å². The minimum Gasteiger partial charge on any atom is -1.00 e. The summed E-state index contributed by atoms with van der Waals surface area (Å²) in [6.45, 7) is 0. The second-order valence-corrected chi connectivity index (χ2v) is 30.1. The maximum absolute atomic E-state index is 5.04. The molecule has 0 saturated carbocycles. The molecule has 1 aliphatic rings. The summed E-state index contributed by atoms with van der Waals surface area (Å²) in [6.07, 6.45) is 0. The number of allylic oxidation sites excluding steroid dienone is 1. The summed E-state index contributed by atoms with van der Waals surface area (Å²) < 4.78 is 5.77. The van der Waals surface area contributed by atoms with Gasteiger partial charge in [-0.15, -0.1) is 0 Å². The van der Waals surface area contributed by atoms with Crippen molar-refractivity contribution in [1.82, 2.24) is 8.03 Å². The van der Waals surface area contributed by atoms with E-state index in [1.807, 2.05) is 12.1 Å². The summed E-state index contributed by atoms with van der Waals surface area (Å²) in [4.78, 5) is 0. The number of hydrogen-bond donors (Lipinski definition) is 0. The van der Waals surface area contributed by atoms with Crippen molar-refractivity contribution in [1.29, 1.82) is 0 Å². The van der Waals surface area contributed by atoms with Crippen LogP contribution < -0.4 is 21.5 Å². The van der Waals surface area contributed by atoms with E-state index in [2.05, 4.69) is 103 Å². The van der Waals surface area contributed by atoms with Gasteiger partial charge in [0.05, 0.1) is 0 Å². The molecule has 0 fully saturated rings. The fraction of sp³-hybridized carbons (Fsp3) is 0.0588. The zero-order valence-electron chi connectivity index (χ0n) is 13.2. The molecule has 0 amide bonds. The van der Waals surface area contributed by atoms with Crippen molar-refractivity contribution in [3.8, 4) is 17.1 Å². The number of hydrogen-bond acceptors (Lipinski definition) is 2. The molecule has 136 valence electrons. The molecule has 1 aliphatic heterocycles. The van der Waals surface area contributed by atoms with Gasteiger partial charge >= 0.3 is 177 Å². The fourth-order valence-electron chi connectivity index (χ4n) is 2.57. The van der Waals surface area contributed by atoms with Crippen LogP contribution in [0.25, 0.3) is 17.1 Å². The van der Waals surface area contributed by atoms with Crippen LogP contribution >= 0.6 is 53.2 Å². The summed E-state index contributed by atoms with van der Waals surface area (Å²) >= 11 is 10.5. The van der Waals surface area contributed by atoms with E-state index in [0.717, 1.165) is 27.6 Å². The van der Waals surface area contributed by atoms with Crippen molar-refractivity contribution in [3.05, 3.63) is 69.7 Å². The molecule has 3 nitrogen and oxygen atoms in total. The Hall–Kier alpha value is 0.380. The van der Waals surface area contributed by atoms with Crippen LogP contribution in [0.2, 0.25) is 0 Å². The summed E-state index contributed by atoms with van der Waals surface area (Å²) in [5.74, 6) is 0.952. The van der Waals surface area contributed by atoms with Gasteiger partial charge in [0.2, 0.25) is 0 Å². The van der Waals surface area contributed by atoms with Gasteiger partial charge in [-0.25, -0.2) is 0 Å². The SMILES string of the molecule is BrCC1=CSc2n(nc(-c3ccccc3)[n+]2-c2ccccc2)[Te]1(Br)Br.[Br-]. The summed E-state index contributed by atoms with van der Waals surface area (Å²) in [6, 6.07) is 20.7. The number of alkyl halides is 1. The van der Waals surface area contributed by atoms with Gasteiger partial charge in [0, 0.05) is 0 Å². The molecular formula is C17H13Br4N3STe. The molecule has 0 bridgehead atoms. The molecule has 0 atom stereocenters. The van der Waals surface area contributed by atoms with E-state index in [1.165, 1.54) is 3.62 Å². The molecule has 0 spiro atoms. The van der Waals surface area contributed by atoms with Crippen molar-refractivity contribution in [3.63, 3.8) is 0 Å². The first-order chi connectivity index (χ1) is 12.1. The Balaban J connectivity index is 0.00000196. The molecule has 9 heteroatoms. The van der Waals surface area contributed by atoms with E-state index >= 15 is 0 Å². The average molecular weight is 739 g/mol. The first kappa shape index (κ1) is 21.1. The molecule has 26 heavy (non-hydrogen) atoms. The van der Waals surface area contributed by atoms with Crippen molar-refractivity contribution in [2.45, 2.75) is 5.16 Å². The van der Waals surface area contributed by atoms with Gasteiger partial charge in [0.15, 0.2) is 0 Å². The molecule has 2 heterocycles. The molecule has 0 radical (unpaired) electrons. The number of nitrogens with zero attached hydrogens (tertiary/aromatic N) is 3. The number of para-hydroxylation sites is 1. The van der Waals surface area contributed by atoms with Gasteiger partial charge in [-0.05, 0) is 0 Å². The minimum absolute atomic E-state index is 0. The van der Waals surface area contributed by atoms with Crippen molar-refractivity contribution >= 4 is 67.2 Å². The largest absolute Gasteiger partial charge is 1.00 e. The second-order valence-electron chi connectivity index (χ2n) is 5.29. The van der Waals surface area contributed by atoms with Gasteiger partial charge in [-0.2, -0.15) is 0 Å². The third-order valence-corrected chi connectivity index (χ3v) is 21.1. The molecule has 2 aromatic carbocycles. The number of rotatable bonds is 3. The van der Waals surface area contributed by atoms with Crippen molar-refractivity contribution < 1.29 is 21.5 Å². The molecule has 0 aliphatic carbocycles. The zero-order valence-corrected chi connectivity index (χ0v) is 22.7. The predicted octanol–water partition coefficient (Wildman–Crippen LogP) is 2.33. The Kier molecular flexibility index (Phi) is 7.15. The number of halogens is 4. The number of fused-ring (bicyclic) bond motifs is 1. The maximum Gasteiger partial charge on any atom is -1.00 e. The predicted molar refractivity (Wildman–Crippen MR) is 116 cm³/mol. The number of benzene rings is 2. The quantitative estimate of drug-likeness (QED) is 0.234. The van der Waals surface area contributed by atoms with Gasteiger partial charge < -0.3 is 17.0 Å². The van der Waals surface area contributed by atoms with E-state index in [9.17, 15) is 0 Å². The first-order valence-electron chi connectivity index (χ1n) is 7.43. The number of aromatic nitrogens is 3. The van der Waals surface area contributed by atoms with E-state index < -0.39 is 14.0 Å². The van der Waals surface area contributed by atoms with Gasteiger partial charge in [0.1, 0.15) is 0 Å². The average Bonchev–Trinajstić information content (AvgIpc) is 3.04. The fourth-order valence-corrected chi connectivity index (χ4v) is 23.6. The topological polar surface area (TPSA) is 21.7 Å². The van der Waals surface area contributed by atoms with Crippen LogP contribution in [0.5, 0.6) is 0 Å². The molecule has 4 rings (SSSR count). The Labute approximate surface area is 191 Å². The van der Waals surface area contributed by atoms with Crippen molar-refractivity contribution in [2.24, 2.45) is 0 Å². The third-order valence-electron chi connectivity index (χ3n) is 3.76. The van der Waals surface area contributed by atoms with E-state index in [-0.39, 0.29) is 17.0 Å². The summed E-state index contributed by atoms with van der Waals surface area (Å²) in [5, 5.41) is 9.23. The van der Waals surface area contributed by atoms with Gasteiger partial charge in [-0.1, -0.05) is 0 Å². The third kappa shape index (κ3) is 3.78. The molecule has 0 saturated heterocycles. The first-order valence-corrected chi connectivity index (χ1v) is 22.1. The summed E-state index contributed by atoms with van der Waals surface area (Å²) in [5.41, 5.74) is 2.22. The maximum atomic E-state index is 5.04. The van der Waals surface area contributed by atoms with E-state index in [0.29, 0.717) is 0 Å². The molecular weight excluding hydrogens is 725 g/mol. The second kappa shape index (κ2) is 8.81. The number of thioether (sulfide) groups is 1. The van der Waals surface area contributed by atoms with Crippen LogP contribution in [0.1, 0.15) is 0 Å². The van der Waals surface area contributed by atoms with Crippen LogP contribution in [-0.4, -0.2) is 27.4 Å². The normalized spacial score (nSPS) is 16.2. The molecule has 3 aromatic rings. The Bertz CT molecular complexity index is 945. The summed E-state index contributed by atoms with van der Waals surface area (Å²) in [7, 11) is 0. The molecule has 1 aromatic heterocycles. The van der Waals surface area contributed by atoms with Gasteiger partial charge in [0.25, 0.3) is 0 Å². The van der Waals surface area contributed by atoms with Crippen LogP contribution in [-0.2, 0) is 0 Å². The standard InChI is InChI=1S/C17H13Br3N3STe.BrH/c18-11-15-12-24-17-22(14-9-5-2-6-10-14)16(13-7-3-1-4-8-13)21-23(17)25(15,19)20;/h1-10,12H,11H2;1H/q+1;/p-1.